The lowest BCUT2D eigenvalue weighted by atomic mass is 10.2. The fraction of sp³-hybridized carbons (Fsp3) is 0.462. The fourth-order valence-corrected chi connectivity index (χ4v) is 1.49. The summed E-state index contributed by atoms with van der Waals surface area (Å²) >= 11 is 0. The van der Waals surface area contributed by atoms with Crippen LogP contribution in [0.2, 0.25) is 0 Å². The Bertz CT molecular complexity index is 406. The minimum atomic E-state index is -0.447. The zero-order valence-corrected chi connectivity index (χ0v) is 10.7. The molecule has 0 radical (unpaired) electrons. The van der Waals surface area contributed by atoms with Gasteiger partial charge in [-0.3, -0.25) is 4.79 Å². The molecule has 3 N–H and O–H groups in total. The molecule has 0 spiro atoms. The second kappa shape index (κ2) is 7.08. The summed E-state index contributed by atoms with van der Waals surface area (Å²) in [6.07, 6.45) is 0.725. The van der Waals surface area contributed by atoms with Crippen molar-refractivity contribution in [2.24, 2.45) is 0 Å². The molecule has 0 aliphatic carbocycles. The number of hydrogen-bond acceptors (Lipinski definition) is 3. The van der Waals surface area contributed by atoms with E-state index in [-0.39, 0.29) is 30.8 Å². The molecule has 0 aliphatic heterocycles. The summed E-state index contributed by atoms with van der Waals surface area (Å²) in [6.45, 7) is 3.71. The SMILES string of the molecule is CC[C@@H](CO)NCC(=O)Nc1ccc(C)cc1F. The molecule has 1 aromatic carbocycles. The van der Waals surface area contributed by atoms with E-state index in [4.69, 9.17) is 5.11 Å². The van der Waals surface area contributed by atoms with Crippen molar-refractivity contribution in [1.82, 2.24) is 5.32 Å². The molecule has 18 heavy (non-hydrogen) atoms. The fourth-order valence-electron chi connectivity index (χ4n) is 1.49. The number of hydrogen-bond donors (Lipinski definition) is 3. The molecule has 1 atom stereocenters. The van der Waals surface area contributed by atoms with Crippen LogP contribution in [0.15, 0.2) is 18.2 Å². The van der Waals surface area contributed by atoms with Gasteiger partial charge in [-0.2, -0.15) is 0 Å². The number of amides is 1. The van der Waals surface area contributed by atoms with Crippen LogP contribution in [0.3, 0.4) is 0 Å². The summed E-state index contributed by atoms with van der Waals surface area (Å²) in [4.78, 5) is 11.6. The number of aliphatic hydroxyl groups is 1. The first-order valence-electron chi connectivity index (χ1n) is 5.97. The second-order valence-electron chi connectivity index (χ2n) is 4.20. The Morgan fingerprint density at radius 1 is 1.50 bits per heavy atom. The maximum Gasteiger partial charge on any atom is 0.238 e. The zero-order chi connectivity index (χ0) is 13.5. The summed E-state index contributed by atoms with van der Waals surface area (Å²) in [7, 11) is 0. The van der Waals surface area contributed by atoms with Crippen LogP contribution in [0, 0.1) is 12.7 Å². The highest BCUT2D eigenvalue weighted by atomic mass is 19.1. The number of rotatable bonds is 6. The number of benzene rings is 1. The largest absolute Gasteiger partial charge is 0.395 e. The monoisotopic (exact) mass is 254 g/mol. The molecule has 1 rings (SSSR count). The van der Waals surface area contributed by atoms with Gasteiger partial charge in [0.25, 0.3) is 0 Å². The zero-order valence-electron chi connectivity index (χ0n) is 10.7. The average molecular weight is 254 g/mol. The van der Waals surface area contributed by atoms with Crippen LogP contribution >= 0.6 is 0 Å². The Morgan fingerprint density at radius 3 is 2.78 bits per heavy atom. The Morgan fingerprint density at radius 2 is 2.22 bits per heavy atom. The lowest BCUT2D eigenvalue weighted by molar-refractivity contribution is -0.115. The molecular weight excluding hydrogens is 235 g/mol. The van der Waals surface area contributed by atoms with Crippen LogP contribution in [0.25, 0.3) is 0 Å². The first-order chi connectivity index (χ1) is 8.56. The Hall–Kier alpha value is -1.46. The van der Waals surface area contributed by atoms with E-state index in [1.54, 1.807) is 13.0 Å². The smallest absolute Gasteiger partial charge is 0.238 e. The maximum absolute atomic E-state index is 13.5. The van der Waals surface area contributed by atoms with Crippen molar-refractivity contribution >= 4 is 11.6 Å². The highest BCUT2D eigenvalue weighted by molar-refractivity contribution is 5.92. The molecule has 0 fully saturated rings. The summed E-state index contributed by atoms with van der Waals surface area (Å²) in [5.41, 5.74) is 0.972. The standard InChI is InChI=1S/C13H19FN2O2/c1-3-10(8-17)15-7-13(18)16-12-5-4-9(2)6-11(12)14/h4-6,10,15,17H,3,7-8H2,1-2H3,(H,16,18)/t10-/m0/s1. The molecule has 0 unspecified atom stereocenters. The van der Waals surface area contributed by atoms with E-state index in [1.165, 1.54) is 12.1 Å². The van der Waals surface area contributed by atoms with E-state index in [1.807, 2.05) is 6.92 Å². The molecule has 0 saturated heterocycles. The second-order valence-corrected chi connectivity index (χ2v) is 4.20. The van der Waals surface area contributed by atoms with Crippen molar-refractivity contribution in [3.63, 3.8) is 0 Å². The van der Waals surface area contributed by atoms with E-state index >= 15 is 0 Å². The van der Waals surface area contributed by atoms with Crippen molar-refractivity contribution in [2.45, 2.75) is 26.3 Å². The van der Waals surface area contributed by atoms with Gasteiger partial charge in [-0.1, -0.05) is 13.0 Å². The van der Waals surface area contributed by atoms with Gasteiger partial charge in [-0.25, -0.2) is 4.39 Å². The topological polar surface area (TPSA) is 61.4 Å². The van der Waals surface area contributed by atoms with Crippen LogP contribution in [0.1, 0.15) is 18.9 Å². The minimum Gasteiger partial charge on any atom is -0.395 e. The van der Waals surface area contributed by atoms with E-state index in [0.29, 0.717) is 0 Å². The van der Waals surface area contributed by atoms with Crippen LogP contribution < -0.4 is 10.6 Å². The molecule has 0 heterocycles. The highest BCUT2D eigenvalue weighted by Gasteiger charge is 2.09. The van der Waals surface area contributed by atoms with Gasteiger partial charge >= 0.3 is 0 Å². The first kappa shape index (κ1) is 14.6. The summed E-state index contributed by atoms with van der Waals surface area (Å²) in [5.74, 6) is -0.776. The molecular formula is C13H19FN2O2. The number of nitrogens with one attached hydrogen (secondary N) is 2. The highest BCUT2D eigenvalue weighted by Crippen LogP contribution is 2.14. The van der Waals surface area contributed by atoms with Gasteiger partial charge < -0.3 is 15.7 Å². The van der Waals surface area contributed by atoms with E-state index in [9.17, 15) is 9.18 Å². The minimum absolute atomic E-state index is 0.0251. The maximum atomic E-state index is 13.5. The Balaban J connectivity index is 2.49. The molecule has 0 saturated carbocycles. The third kappa shape index (κ3) is 4.43. The number of anilines is 1. The van der Waals surface area contributed by atoms with Gasteiger partial charge in [0.15, 0.2) is 0 Å². The molecule has 0 aliphatic rings. The molecule has 1 amide bonds. The molecule has 1 aromatic rings. The van der Waals surface area contributed by atoms with Crippen LogP contribution in [0.5, 0.6) is 0 Å². The molecule has 5 heteroatoms. The quantitative estimate of drug-likeness (QED) is 0.719. The molecule has 0 aromatic heterocycles. The van der Waals surface area contributed by atoms with Gasteiger partial charge in [0.2, 0.25) is 5.91 Å². The molecule has 100 valence electrons. The van der Waals surface area contributed by atoms with Crippen molar-refractivity contribution < 1.29 is 14.3 Å². The lowest BCUT2D eigenvalue weighted by Crippen LogP contribution is -2.38. The number of aryl methyl sites for hydroxylation is 1. The number of halogens is 1. The summed E-state index contributed by atoms with van der Waals surface area (Å²) in [6, 6.07) is 4.52. The summed E-state index contributed by atoms with van der Waals surface area (Å²) < 4.78 is 13.5. The number of aliphatic hydroxyl groups excluding tert-OH is 1. The normalized spacial score (nSPS) is 12.2. The lowest BCUT2D eigenvalue weighted by Gasteiger charge is -2.13. The first-order valence-corrected chi connectivity index (χ1v) is 5.97. The van der Waals surface area contributed by atoms with Gasteiger partial charge in [-0.15, -0.1) is 0 Å². The summed E-state index contributed by atoms with van der Waals surface area (Å²) in [5, 5.41) is 14.3. The third-order valence-corrected chi connectivity index (χ3v) is 2.66. The predicted molar refractivity (Wildman–Crippen MR) is 68.9 cm³/mol. The van der Waals surface area contributed by atoms with Gasteiger partial charge in [-0.05, 0) is 31.0 Å². The Kier molecular flexibility index (Phi) is 5.74. The van der Waals surface area contributed by atoms with E-state index in [2.05, 4.69) is 10.6 Å². The third-order valence-electron chi connectivity index (χ3n) is 2.66. The molecule has 0 bridgehead atoms. The van der Waals surface area contributed by atoms with Crippen molar-refractivity contribution in [3.8, 4) is 0 Å². The van der Waals surface area contributed by atoms with Crippen molar-refractivity contribution in [1.29, 1.82) is 0 Å². The van der Waals surface area contributed by atoms with E-state index < -0.39 is 5.82 Å². The predicted octanol–water partition coefficient (Wildman–Crippen LogP) is 1.43. The number of carbonyl (C=O) groups is 1. The average Bonchev–Trinajstić information content (AvgIpc) is 2.34. The van der Waals surface area contributed by atoms with Crippen LogP contribution in [-0.4, -0.2) is 30.2 Å². The van der Waals surface area contributed by atoms with Crippen LogP contribution in [-0.2, 0) is 4.79 Å². The van der Waals surface area contributed by atoms with Gasteiger partial charge in [0.05, 0.1) is 18.8 Å². The van der Waals surface area contributed by atoms with Gasteiger partial charge in [0.1, 0.15) is 5.82 Å². The van der Waals surface area contributed by atoms with E-state index in [0.717, 1.165) is 12.0 Å². The molecule has 4 nitrogen and oxygen atoms in total. The van der Waals surface area contributed by atoms with Gasteiger partial charge in [0, 0.05) is 6.04 Å². The number of carbonyl (C=O) groups excluding carboxylic acids is 1. The van der Waals surface area contributed by atoms with Crippen LogP contribution in [0.4, 0.5) is 10.1 Å². The van der Waals surface area contributed by atoms with Crippen molar-refractivity contribution in [2.75, 3.05) is 18.5 Å². The Labute approximate surface area is 106 Å². The van der Waals surface area contributed by atoms with Crippen molar-refractivity contribution in [3.05, 3.63) is 29.6 Å².